The summed E-state index contributed by atoms with van der Waals surface area (Å²) < 4.78 is 7.06. The fraction of sp³-hybridized carbons (Fsp3) is 0.347. The van der Waals surface area contributed by atoms with Crippen LogP contribution in [0.5, 0.6) is 0 Å². The number of methoxy groups -OCH3 is 1. The molecular formula is C49H55N9O6. The number of ether oxygens (including phenoxy) is 1. The van der Waals surface area contributed by atoms with Crippen LogP contribution in [0, 0.1) is 11.8 Å². The summed E-state index contributed by atoms with van der Waals surface area (Å²) in [5.74, 6) is 1.12. The van der Waals surface area contributed by atoms with E-state index >= 15 is 0 Å². The standard InChI is InChI=1S/C49H55N9O6/c1-30(2)44(55-49(63)64-4)47(60)57-25-9-13-43(57)46-51-27-38(53-46)33-16-20-35(21-17-33)41-23-22-40(58(41)36-10-6-5-7-11-36)34-18-14-32(15-19-34)37-26-50-45(52-37)42-12-8-24-56(42)28-31(3)39(29-59)54-48(61)62/h5-7,10-11,14-23,26-27,29-31,39,42-44,54H,8-9,12-13,24-25,28H2,1-4H3,(H,50,52)(H,51,53)(H,55,63)(H,61,62)/t31?,39-,42+,43+,44+/m1/s1. The molecular weight excluding hydrogens is 811 g/mol. The zero-order chi connectivity index (χ0) is 44.9. The third kappa shape index (κ3) is 9.20. The summed E-state index contributed by atoms with van der Waals surface area (Å²) >= 11 is 0. The number of carbonyl (C=O) groups excluding carboxylic acids is 3. The first kappa shape index (κ1) is 43.6. The molecule has 332 valence electrons. The number of imidazole rings is 2. The smallest absolute Gasteiger partial charge is 0.407 e. The van der Waals surface area contributed by atoms with E-state index in [0.717, 1.165) is 94.6 Å². The van der Waals surface area contributed by atoms with E-state index in [0.29, 0.717) is 19.4 Å². The number of carbonyl (C=O) groups is 4. The number of aromatic amines is 2. The van der Waals surface area contributed by atoms with Gasteiger partial charge in [0.15, 0.2) is 0 Å². The molecule has 1 unspecified atom stereocenters. The summed E-state index contributed by atoms with van der Waals surface area (Å²) in [4.78, 5) is 69.3. The van der Waals surface area contributed by atoms with Crippen LogP contribution in [-0.2, 0) is 14.3 Å². The molecule has 3 aromatic carbocycles. The van der Waals surface area contributed by atoms with E-state index in [-0.39, 0.29) is 29.8 Å². The number of rotatable bonds is 15. The zero-order valence-electron chi connectivity index (χ0n) is 36.5. The van der Waals surface area contributed by atoms with Crippen LogP contribution in [0.2, 0.25) is 0 Å². The van der Waals surface area contributed by atoms with Gasteiger partial charge in [0.05, 0.1) is 48.0 Å². The summed E-state index contributed by atoms with van der Waals surface area (Å²) in [6.45, 7) is 7.70. The van der Waals surface area contributed by atoms with Gasteiger partial charge in [-0.3, -0.25) is 9.69 Å². The highest BCUT2D eigenvalue weighted by Crippen LogP contribution is 2.37. The minimum absolute atomic E-state index is 0.0491. The predicted octanol–water partition coefficient (Wildman–Crippen LogP) is 8.24. The van der Waals surface area contributed by atoms with Crippen molar-refractivity contribution in [2.45, 2.75) is 70.6 Å². The molecule has 0 aliphatic carbocycles. The molecule has 3 amide bonds. The quantitative estimate of drug-likeness (QED) is 0.0633. The maximum absolute atomic E-state index is 13.7. The van der Waals surface area contributed by atoms with Crippen LogP contribution in [0.15, 0.2) is 103 Å². The number of hydrogen-bond donors (Lipinski definition) is 5. The Morgan fingerprint density at radius 1 is 0.766 bits per heavy atom. The molecule has 5 N–H and O–H groups in total. The van der Waals surface area contributed by atoms with E-state index in [1.807, 2.05) is 56.3 Å². The maximum atomic E-state index is 13.7. The molecule has 3 aromatic heterocycles. The Morgan fingerprint density at radius 2 is 1.31 bits per heavy atom. The summed E-state index contributed by atoms with van der Waals surface area (Å²) in [5.41, 5.74) is 8.73. The average molecular weight is 866 g/mol. The van der Waals surface area contributed by atoms with Gasteiger partial charge in [0, 0.05) is 42.3 Å². The van der Waals surface area contributed by atoms with Crippen LogP contribution in [-0.4, -0.2) is 103 Å². The van der Waals surface area contributed by atoms with E-state index in [2.05, 4.69) is 103 Å². The average Bonchev–Trinajstić information content (AvgIpc) is 4.17. The van der Waals surface area contributed by atoms with E-state index in [1.54, 1.807) is 0 Å². The van der Waals surface area contributed by atoms with E-state index in [4.69, 9.17) is 19.8 Å². The van der Waals surface area contributed by atoms with Crippen molar-refractivity contribution in [3.63, 3.8) is 0 Å². The second-order valence-corrected chi connectivity index (χ2v) is 17.1. The highest BCUT2D eigenvalue weighted by atomic mass is 16.5. The van der Waals surface area contributed by atoms with E-state index in [9.17, 15) is 19.2 Å². The number of amides is 3. The number of likely N-dealkylation sites (tertiary alicyclic amines) is 2. The second kappa shape index (κ2) is 19.2. The van der Waals surface area contributed by atoms with E-state index < -0.39 is 24.3 Å². The van der Waals surface area contributed by atoms with Gasteiger partial charge < -0.3 is 44.7 Å². The third-order valence-corrected chi connectivity index (χ3v) is 12.5. The SMILES string of the molecule is COC(=O)N[C@H](C(=O)N1CCC[C@H]1c1nc(-c2ccc(-c3ccc(-c4ccc(-c5c[nH]c([C@@H]6CCCN6CC(C)[C@@H](C=O)NC(=O)O)n5)cc4)n3-c3ccccc3)cc2)c[nH]1)C(C)C. The van der Waals surface area contributed by atoms with Crippen molar-refractivity contribution >= 4 is 24.4 Å². The van der Waals surface area contributed by atoms with E-state index in [1.165, 1.54) is 7.11 Å². The molecule has 0 bridgehead atoms. The van der Waals surface area contributed by atoms with Crippen molar-refractivity contribution in [2.75, 3.05) is 26.7 Å². The number of aldehydes is 1. The number of para-hydroxylation sites is 1. The van der Waals surface area contributed by atoms with Crippen LogP contribution < -0.4 is 10.6 Å². The first-order valence-corrected chi connectivity index (χ1v) is 22.0. The highest BCUT2D eigenvalue weighted by Gasteiger charge is 2.38. The fourth-order valence-corrected chi connectivity index (χ4v) is 9.16. The number of carboxylic acid groups (broad SMARTS) is 1. The van der Waals surface area contributed by atoms with Crippen molar-refractivity contribution in [1.82, 2.24) is 44.9 Å². The van der Waals surface area contributed by atoms with Gasteiger partial charge in [-0.05, 0) is 79.5 Å². The van der Waals surface area contributed by atoms with Gasteiger partial charge in [-0.2, -0.15) is 0 Å². The van der Waals surface area contributed by atoms with Gasteiger partial charge in [0.25, 0.3) is 0 Å². The Labute approximate surface area is 372 Å². The number of hydrogen-bond acceptors (Lipinski definition) is 8. The van der Waals surface area contributed by atoms with Gasteiger partial charge in [0.1, 0.15) is 24.0 Å². The fourth-order valence-electron chi connectivity index (χ4n) is 9.16. The van der Waals surface area contributed by atoms with Crippen LogP contribution in [0.25, 0.3) is 50.7 Å². The lowest BCUT2D eigenvalue weighted by Gasteiger charge is -2.29. The molecule has 2 fully saturated rings. The van der Waals surface area contributed by atoms with Crippen molar-refractivity contribution in [3.05, 3.63) is 115 Å². The Hall–Kier alpha value is -7.00. The van der Waals surface area contributed by atoms with Crippen LogP contribution in [0.3, 0.4) is 0 Å². The summed E-state index contributed by atoms with van der Waals surface area (Å²) in [5, 5.41) is 14.2. The number of H-pyrrole nitrogens is 2. The minimum Gasteiger partial charge on any atom is -0.465 e. The Bertz CT molecular complexity index is 2560. The number of alkyl carbamates (subject to hydrolysis) is 1. The van der Waals surface area contributed by atoms with Crippen molar-refractivity contribution in [3.8, 4) is 50.7 Å². The molecule has 2 aliphatic heterocycles. The molecule has 2 aliphatic rings. The lowest BCUT2D eigenvalue weighted by atomic mass is 10.0. The first-order chi connectivity index (χ1) is 31.0. The first-order valence-electron chi connectivity index (χ1n) is 22.0. The number of nitrogens with one attached hydrogen (secondary N) is 4. The molecule has 0 saturated carbocycles. The maximum Gasteiger partial charge on any atom is 0.407 e. The number of nitrogens with zero attached hydrogens (tertiary/aromatic N) is 5. The number of benzene rings is 3. The van der Waals surface area contributed by atoms with Crippen LogP contribution >= 0.6 is 0 Å². The lowest BCUT2D eigenvalue weighted by Crippen LogP contribution is -2.51. The van der Waals surface area contributed by atoms with Gasteiger partial charge in [-0.15, -0.1) is 0 Å². The summed E-state index contributed by atoms with van der Waals surface area (Å²) in [6, 6.07) is 29.7. The summed E-state index contributed by atoms with van der Waals surface area (Å²) in [6.07, 6.45) is 6.17. The van der Waals surface area contributed by atoms with Gasteiger partial charge in [-0.25, -0.2) is 19.6 Å². The van der Waals surface area contributed by atoms with Gasteiger partial charge >= 0.3 is 12.2 Å². The van der Waals surface area contributed by atoms with Crippen molar-refractivity contribution in [2.24, 2.45) is 11.8 Å². The molecule has 5 heterocycles. The Kier molecular flexibility index (Phi) is 13.1. The summed E-state index contributed by atoms with van der Waals surface area (Å²) in [7, 11) is 1.29. The second-order valence-electron chi connectivity index (χ2n) is 17.1. The van der Waals surface area contributed by atoms with Crippen molar-refractivity contribution < 1.29 is 29.0 Å². The molecule has 2 saturated heterocycles. The molecule has 64 heavy (non-hydrogen) atoms. The Balaban J connectivity index is 0.992. The highest BCUT2D eigenvalue weighted by molar-refractivity contribution is 5.86. The van der Waals surface area contributed by atoms with Gasteiger partial charge in [-0.1, -0.05) is 87.5 Å². The number of aromatic nitrogens is 5. The molecule has 15 heteroatoms. The normalized spacial score (nSPS) is 17.9. The third-order valence-electron chi connectivity index (χ3n) is 12.5. The topological polar surface area (TPSA) is 191 Å². The van der Waals surface area contributed by atoms with Crippen molar-refractivity contribution in [1.29, 1.82) is 0 Å². The molecule has 0 radical (unpaired) electrons. The monoisotopic (exact) mass is 865 g/mol. The lowest BCUT2D eigenvalue weighted by molar-refractivity contribution is -0.135. The van der Waals surface area contributed by atoms with Crippen LogP contribution in [0.1, 0.15) is 70.2 Å². The molecule has 0 spiro atoms. The Morgan fingerprint density at radius 3 is 1.86 bits per heavy atom. The zero-order valence-corrected chi connectivity index (χ0v) is 36.5. The van der Waals surface area contributed by atoms with Crippen LogP contribution in [0.4, 0.5) is 9.59 Å². The van der Waals surface area contributed by atoms with Gasteiger partial charge in [0.2, 0.25) is 5.91 Å². The molecule has 6 aromatic rings. The predicted molar refractivity (Wildman–Crippen MR) is 243 cm³/mol. The molecule has 8 rings (SSSR count). The molecule has 15 nitrogen and oxygen atoms in total. The largest absolute Gasteiger partial charge is 0.465 e. The molecule has 5 atom stereocenters. The minimum atomic E-state index is -1.21.